The molecule has 9 nitrogen and oxygen atoms in total. The van der Waals surface area contributed by atoms with Crippen molar-refractivity contribution >= 4 is 29.2 Å². The molecular weight excluding hydrogens is 560 g/mol. The average molecular weight is 585 g/mol. The molecule has 5 aromatic rings. The highest BCUT2D eigenvalue weighted by Crippen LogP contribution is 2.43. The third-order valence-electron chi connectivity index (χ3n) is 6.24. The standard InChI is InChI=1S/C32H25ClN2O7/c1-39-23-14-12-22(13-15-23)31(36)34-28-29(32(37)38)35-42-30(28)24-16-25(33)27(41-19-21-10-6-3-7-11-21)17-26(24)40-18-20-8-4-2-5-9-20/h2-17H,18-19H2,1H3,(H,34,36)(H,37,38). The molecule has 1 aromatic heterocycles. The molecule has 0 unspecified atom stereocenters. The lowest BCUT2D eigenvalue weighted by atomic mass is 10.1. The van der Waals surface area contributed by atoms with Gasteiger partial charge in [0.15, 0.2) is 5.76 Å². The summed E-state index contributed by atoms with van der Waals surface area (Å²) in [6.07, 6.45) is 0. The van der Waals surface area contributed by atoms with Crippen LogP contribution in [0.2, 0.25) is 5.02 Å². The monoisotopic (exact) mass is 584 g/mol. The summed E-state index contributed by atoms with van der Waals surface area (Å²) in [4.78, 5) is 25.2. The molecule has 212 valence electrons. The van der Waals surface area contributed by atoms with Crippen LogP contribution in [0.15, 0.2) is 102 Å². The van der Waals surface area contributed by atoms with Crippen LogP contribution in [-0.4, -0.2) is 29.2 Å². The van der Waals surface area contributed by atoms with Crippen LogP contribution in [0.25, 0.3) is 11.3 Å². The molecule has 0 aliphatic rings. The Morgan fingerprint density at radius 3 is 2.02 bits per heavy atom. The van der Waals surface area contributed by atoms with E-state index in [0.717, 1.165) is 11.1 Å². The number of amides is 1. The molecule has 0 aliphatic heterocycles. The van der Waals surface area contributed by atoms with E-state index in [9.17, 15) is 14.7 Å². The number of hydrogen-bond donors (Lipinski definition) is 2. The Hall–Kier alpha value is -5.28. The van der Waals surface area contributed by atoms with Crippen LogP contribution in [0.1, 0.15) is 32.0 Å². The molecule has 5 rings (SSSR count). The first-order valence-corrected chi connectivity index (χ1v) is 13.2. The van der Waals surface area contributed by atoms with Crippen LogP contribution in [0.5, 0.6) is 17.2 Å². The summed E-state index contributed by atoms with van der Waals surface area (Å²) in [6.45, 7) is 0.438. The van der Waals surface area contributed by atoms with Crippen LogP contribution in [0, 0.1) is 0 Å². The van der Waals surface area contributed by atoms with E-state index >= 15 is 0 Å². The van der Waals surface area contributed by atoms with Crippen molar-refractivity contribution in [2.24, 2.45) is 0 Å². The predicted molar refractivity (Wildman–Crippen MR) is 156 cm³/mol. The van der Waals surface area contributed by atoms with E-state index < -0.39 is 17.6 Å². The van der Waals surface area contributed by atoms with E-state index in [1.54, 1.807) is 30.3 Å². The molecule has 0 atom stereocenters. The molecule has 42 heavy (non-hydrogen) atoms. The molecule has 1 heterocycles. The first-order valence-electron chi connectivity index (χ1n) is 12.8. The Labute approximate surface area is 246 Å². The molecule has 1 amide bonds. The van der Waals surface area contributed by atoms with Gasteiger partial charge in [-0.15, -0.1) is 0 Å². The summed E-state index contributed by atoms with van der Waals surface area (Å²) in [5.74, 6) is -0.837. The van der Waals surface area contributed by atoms with Crippen LogP contribution in [0.3, 0.4) is 0 Å². The normalized spacial score (nSPS) is 10.6. The number of aromatic nitrogens is 1. The lowest BCUT2D eigenvalue weighted by Crippen LogP contribution is -2.14. The summed E-state index contributed by atoms with van der Waals surface area (Å²) in [7, 11) is 1.51. The maximum atomic E-state index is 13.1. The van der Waals surface area contributed by atoms with Gasteiger partial charge in [-0.2, -0.15) is 0 Å². The van der Waals surface area contributed by atoms with Crippen LogP contribution in [0.4, 0.5) is 5.69 Å². The Kier molecular flexibility index (Phi) is 8.70. The van der Waals surface area contributed by atoms with Gasteiger partial charge in [-0.05, 0) is 41.5 Å². The fourth-order valence-corrected chi connectivity index (χ4v) is 4.30. The van der Waals surface area contributed by atoms with Crippen molar-refractivity contribution < 1.29 is 33.4 Å². The van der Waals surface area contributed by atoms with Crippen LogP contribution in [-0.2, 0) is 13.2 Å². The number of ether oxygens (including phenoxy) is 3. The number of carbonyl (C=O) groups excluding carboxylic acids is 1. The molecule has 0 saturated carbocycles. The molecule has 10 heteroatoms. The van der Waals surface area contributed by atoms with Gasteiger partial charge < -0.3 is 29.2 Å². The lowest BCUT2D eigenvalue weighted by molar-refractivity contribution is 0.0687. The molecule has 0 spiro atoms. The molecule has 0 saturated heterocycles. The van der Waals surface area contributed by atoms with Crippen molar-refractivity contribution in [2.75, 3.05) is 12.4 Å². The Morgan fingerprint density at radius 1 is 0.857 bits per heavy atom. The number of benzene rings is 4. The number of nitrogens with zero attached hydrogens (tertiary/aromatic N) is 1. The fraction of sp³-hybridized carbons (Fsp3) is 0.0938. The summed E-state index contributed by atoms with van der Waals surface area (Å²) >= 11 is 6.63. The zero-order valence-electron chi connectivity index (χ0n) is 22.4. The van der Waals surface area contributed by atoms with Gasteiger partial charge in [0, 0.05) is 11.6 Å². The number of methoxy groups -OCH3 is 1. The second kappa shape index (κ2) is 12.9. The van der Waals surface area contributed by atoms with Gasteiger partial charge in [0.05, 0.1) is 17.7 Å². The highest BCUT2D eigenvalue weighted by Gasteiger charge is 2.28. The molecule has 2 N–H and O–H groups in total. The first kappa shape index (κ1) is 28.3. The van der Waals surface area contributed by atoms with Crippen molar-refractivity contribution in [1.29, 1.82) is 0 Å². The molecule has 0 bridgehead atoms. The minimum atomic E-state index is -1.39. The number of hydrogen-bond acceptors (Lipinski definition) is 7. The Balaban J connectivity index is 1.53. The van der Waals surface area contributed by atoms with Crippen LogP contribution >= 0.6 is 11.6 Å². The minimum absolute atomic E-state index is 0.0474. The molecule has 0 aliphatic carbocycles. The van der Waals surface area contributed by atoms with Crippen molar-refractivity contribution in [1.82, 2.24) is 5.16 Å². The highest BCUT2D eigenvalue weighted by atomic mass is 35.5. The molecule has 0 radical (unpaired) electrons. The topological polar surface area (TPSA) is 120 Å². The van der Waals surface area contributed by atoms with Gasteiger partial charge in [0.25, 0.3) is 5.91 Å². The predicted octanol–water partition coefficient (Wildman–Crippen LogP) is 7.11. The van der Waals surface area contributed by atoms with E-state index in [1.165, 1.54) is 13.2 Å². The lowest BCUT2D eigenvalue weighted by Gasteiger charge is -2.15. The second-order valence-electron chi connectivity index (χ2n) is 9.05. The summed E-state index contributed by atoms with van der Waals surface area (Å²) < 4.78 is 22.8. The largest absolute Gasteiger partial charge is 0.497 e. The summed E-state index contributed by atoms with van der Waals surface area (Å²) in [5, 5.41) is 16.4. The van der Waals surface area contributed by atoms with Crippen molar-refractivity contribution in [2.45, 2.75) is 13.2 Å². The van der Waals surface area contributed by atoms with Gasteiger partial charge in [-0.1, -0.05) is 77.4 Å². The number of aromatic carboxylic acids is 1. The molecular formula is C32H25ClN2O7. The van der Waals surface area contributed by atoms with Gasteiger partial charge in [-0.3, -0.25) is 4.79 Å². The molecule has 4 aromatic carbocycles. The maximum absolute atomic E-state index is 13.1. The van der Waals surface area contributed by atoms with E-state index in [0.29, 0.717) is 11.5 Å². The van der Waals surface area contributed by atoms with Crippen LogP contribution < -0.4 is 19.5 Å². The number of carbonyl (C=O) groups is 2. The number of anilines is 1. The van der Waals surface area contributed by atoms with Gasteiger partial charge in [0.2, 0.25) is 5.69 Å². The number of carboxylic acid groups (broad SMARTS) is 1. The summed E-state index contributed by atoms with van der Waals surface area (Å²) in [5.41, 5.74) is 1.73. The third kappa shape index (κ3) is 6.54. The second-order valence-corrected chi connectivity index (χ2v) is 9.46. The average Bonchev–Trinajstić information content (AvgIpc) is 3.44. The van der Waals surface area contributed by atoms with Crippen molar-refractivity contribution in [3.05, 3.63) is 124 Å². The number of carboxylic acids is 1. The number of halogens is 1. The fourth-order valence-electron chi connectivity index (χ4n) is 4.08. The minimum Gasteiger partial charge on any atom is -0.497 e. The Bertz CT molecular complexity index is 1690. The quantitative estimate of drug-likeness (QED) is 0.168. The zero-order chi connectivity index (χ0) is 29.5. The van der Waals surface area contributed by atoms with Crippen molar-refractivity contribution in [3.63, 3.8) is 0 Å². The van der Waals surface area contributed by atoms with Crippen molar-refractivity contribution in [3.8, 4) is 28.6 Å². The number of rotatable bonds is 11. The first-order chi connectivity index (χ1) is 20.4. The highest BCUT2D eigenvalue weighted by molar-refractivity contribution is 6.32. The van der Waals surface area contributed by atoms with Gasteiger partial charge in [-0.25, -0.2) is 4.79 Å². The van der Waals surface area contributed by atoms with Gasteiger partial charge in [0.1, 0.15) is 36.1 Å². The van der Waals surface area contributed by atoms with E-state index in [-0.39, 0.29) is 46.6 Å². The Morgan fingerprint density at radius 2 is 1.45 bits per heavy atom. The van der Waals surface area contributed by atoms with E-state index in [2.05, 4.69) is 10.5 Å². The third-order valence-corrected chi connectivity index (χ3v) is 6.53. The smallest absolute Gasteiger partial charge is 0.360 e. The maximum Gasteiger partial charge on any atom is 0.360 e. The molecule has 0 fully saturated rings. The SMILES string of the molecule is COc1ccc(C(=O)Nc2c(C(=O)O)noc2-c2cc(Cl)c(OCc3ccccc3)cc2OCc2ccccc2)cc1. The van der Waals surface area contributed by atoms with E-state index in [4.69, 9.17) is 30.3 Å². The van der Waals surface area contributed by atoms with Gasteiger partial charge >= 0.3 is 5.97 Å². The summed E-state index contributed by atoms with van der Waals surface area (Å²) in [6, 6.07) is 28.5. The number of nitrogens with one attached hydrogen (secondary N) is 1. The zero-order valence-corrected chi connectivity index (χ0v) is 23.1. The van der Waals surface area contributed by atoms with E-state index in [1.807, 2.05) is 60.7 Å².